The second-order valence-corrected chi connectivity index (χ2v) is 6.60. The Bertz CT molecular complexity index is 588. The molecule has 1 aromatic carbocycles. The van der Waals surface area contributed by atoms with E-state index < -0.39 is 0 Å². The Morgan fingerprint density at radius 1 is 1.42 bits per heavy atom. The van der Waals surface area contributed by atoms with Gasteiger partial charge in [-0.05, 0) is 49.9 Å². The number of aryl methyl sites for hydroxylation is 1. The van der Waals surface area contributed by atoms with E-state index >= 15 is 0 Å². The minimum atomic E-state index is 0.682. The molecule has 1 aliphatic heterocycles. The highest BCUT2D eigenvalue weighted by Crippen LogP contribution is 2.34. The monoisotopic (exact) mass is 295 g/mol. The van der Waals surface area contributed by atoms with Crippen molar-refractivity contribution in [1.29, 1.82) is 0 Å². The van der Waals surface area contributed by atoms with Crippen LogP contribution in [0.25, 0.3) is 10.2 Å². The fourth-order valence-electron chi connectivity index (χ4n) is 2.58. The first-order valence-electron chi connectivity index (χ1n) is 6.69. The maximum absolute atomic E-state index is 6.16. The summed E-state index contributed by atoms with van der Waals surface area (Å²) >= 11 is 7.92. The molecule has 2 heterocycles. The molecule has 0 saturated carbocycles. The molecule has 0 bridgehead atoms. The van der Waals surface area contributed by atoms with Gasteiger partial charge in [0.15, 0.2) is 5.13 Å². The van der Waals surface area contributed by atoms with E-state index in [1.807, 2.05) is 13.0 Å². The Morgan fingerprint density at radius 3 is 2.84 bits per heavy atom. The van der Waals surface area contributed by atoms with E-state index in [0.29, 0.717) is 5.92 Å². The summed E-state index contributed by atoms with van der Waals surface area (Å²) in [5.74, 6) is 0.682. The van der Waals surface area contributed by atoms with E-state index in [9.17, 15) is 0 Å². The van der Waals surface area contributed by atoms with Crippen LogP contribution in [0.15, 0.2) is 12.1 Å². The van der Waals surface area contributed by atoms with Gasteiger partial charge in [0.1, 0.15) is 0 Å². The summed E-state index contributed by atoms with van der Waals surface area (Å²) in [4.78, 5) is 7.16. The van der Waals surface area contributed by atoms with Crippen molar-refractivity contribution in [3.8, 4) is 0 Å². The number of nitrogens with zero attached hydrogens (tertiary/aromatic N) is 2. The summed E-state index contributed by atoms with van der Waals surface area (Å²) in [6.45, 7) is 4.97. The maximum atomic E-state index is 6.16. The van der Waals surface area contributed by atoms with Crippen molar-refractivity contribution in [3.05, 3.63) is 22.7 Å². The van der Waals surface area contributed by atoms with E-state index in [0.717, 1.165) is 40.9 Å². The molecule has 2 N–H and O–H groups in total. The van der Waals surface area contributed by atoms with E-state index in [1.165, 1.54) is 17.5 Å². The Labute approximate surface area is 122 Å². The van der Waals surface area contributed by atoms with Crippen molar-refractivity contribution in [1.82, 2.24) is 4.98 Å². The normalized spacial score (nSPS) is 17.3. The van der Waals surface area contributed by atoms with Crippen LogP contribution < -0.4 is 10.6 Å². The first kappa shape index (κ1) is 13.2. The lowest BCUT2D eigenvalue weighted by atomic mass is 9.98. The van der Waals surface area contributed by atoms with Gasteiger partial charge < -0.3 is 10.6 Å². The number of hydrogen-bond donors (Lipinski definition) is 1. The molecule has 3 rings (SSSR count). The quantitative estimate of drug-likeness (QED) is 0.923. The maximum Gasteiger partial charge on any atom is 0.186 e. The molecule has 1 saturated heterocycles. The molecule has 1 fully saturated rings. The van der Waals surface area contributed by atoms with Crippen LogP contribution in [0.3, 0.4) is 0 Å². The van der Waals surface area contributed by atoms with Crippen molar-refractivity contribution in [2.45, 2.75) is 19.8 Å². The van der Waals surface area contributed by atoms with E-state index in [-0.39, 0.29) is 0 Å². The van der Waals surface area contributed by atoms with Crippen LogP contribution in [0.2, 0.25) is 5.02 Å². The first-order valence-corrected chi connectivity index (χ1v) is 7.89. The van der Waals surface area contributed by atoms with Gasteiger partial charge >= 0.3 is 0 Å². The Morgan fingerprint density at radius 2 is 2.16 bits per heavy atom. The number of rotatable bonds is 2. The summed E-state index contributed by atoms with van der Waals surface area (Å²) in [6.07, 6.45) is 2.35. The fraction of sp³-hybridized carbons (Fsp3) is 0.500. The number of piperidine rings is 1. The SMILES string of the molecule is Cc1c(Cl)ccc2sc(N3CCC(CN)CC3)nc12. The van der Waals surface area contributed by atoms with Crippen molar-refractivity contribution < 1.29 is 0 Å². The zero-order valence-electron chi connectivity index (χ0n) is 11.0. The number of thiazole rings is 1. The molecule has 0 atom stereocenters. The topological polar surface area (TPSA) is 42.1 Å². The van der Waals surface area contributed by atoms with Crippen LogP contribution >= 0.6 is 22.9 Å². The highest BCUT2D eigenvalue weighted by Gasteiger charge is 2.21. The van der Waals surface area contributed by atoms with E-state index in [2.05, 4.69) is 11.0 Å². The minimum absolute atomic E-state index is 0.682. The number of fused-ring (bicyclic) bond motifs is 1. The number of nitrogens with two attached hydrogens (primary N) is 1. The highest BCUT2D eigenvalue weighted by atomic mass is 35.5. The number of hydrogen-bond acceptors (Lipinski definition) is 4. The number of benzene rings is 1. The molecule has 0 unspecified atom stereocenters. The molecule has 5 heteroatoms. The summed E-state index contributed by atoms with van der Waals surface area (Å²) in [5, 5.41) is 1.92. The molecule has 0 radical (unpaired) electrons. The predicted octanol–water partition coefficient (Wildman–Crippen LogP) is 3.43. The molecule has 0 aliphatic carbocycles. The molecule has 102 valence electrons. The first-order chi connectivity index (χ1) is 9.19. The third-order valence-corrected chi connectivity index (χ3v) is 5.45. The van der Waals surface area contributed by atoms with Gasteiger partial charge in [-0.3, -0.25) is 0 Å². The summed E-state index contributed by atoms with van der Waals surface area (Å²) < 4.78 is 1.22. The number of aromatic nitrogens is 1. The largest absolute Gasteiger partial charge is 0.348 e. The molecule has 1 aliphatic rings. The van der Waals surface area contributed by atoms with Crippen LogP contribution in [0.5, 0.6) is 0 Å². The summed E-state index contributed by atoms with van der Waals surface area (Å²) in [7, 11) is 0. The van der Waals surface area contributed by atoms with Gasteiger partial charge in [0.2, 0.25) is 0 Å². The lowest BCUT2D eigenvalue weighted by molar-refractivity contribution is 0.414. The third-order valence-electron chi connectivity index (χ3n) is 3.95. The predicted molar refractivity (Wildman–Crippen MR) is 83.4 cm³/mol. The lowest BCUT2D eigenvalue weighted by Crippen LogP contribution is -2.35. The molecular formula is C14H18ClN3S. The highest BCUT2D eigenvalue weighted by molar-refractivity contribution is 7.22. The van der Waals surface area contributed by atoms with Crippen molar-refractivity contribution >= 4 is 38.3 Å². The Kier molecular flexibility index (Phi) is 3.65. The van der Waals surface area contributed by atoms with Gasteiger partial charge in [-0.25, -0.2) is 4.98 Å². The standard InChI is InChI=1S/C14H18ClN3S/c1-9-11(15)2-3-12-13(9)17-14(19-12)18-6-4-10(8-16)5-7-18/h2-3,10H,4-8,16H2,1H3. The average Bonchev–Trinajstić information content (AvgIpc) is 2.88. The van der Waals surface area contributed by atoms with Crippen molar-refractivity contribution in [3.63, 3.8) is 0 Å². The van der Waals surface area contributed by atoms with Gasteiger partial charge in [-0.1, -0.05) is 22.9 Å². The lowest BCUT2D eigenvalue weighted by Gasteiger charge is -2.30. The summed E-state index contributed by atoms with van der Waals surface area (Å²) in [5.41, 5.74) is 7.87. The van der Waals surface area contributed by atoms with Gasteiger partial charge in [0.05, 0.1) is 10.2 Å². The summed E-state index contributed by atoms with van der Waals surface area (Å²) in [6, 6.07) is 4.03. The third kappa shape index (κ3) is 2.45. The second kappa shape index (κ2) is 5.27. The molecule has 0 spiro atoms. The molecule has 2 aromatic rings. The van der Waals surface area contributed by atoms with Gasteiger partial charge in [0, 0.05) is 18.1 Å². The average molecular weight is 296 g/mol. The number of halogens is 1. The van der Waals surface area contributed by atoms with Gasteiger partial charge in [0.25, 0.3) is 0 Å². The van der Waals surface area contributed by atoms with E-state index in [1.54, 1.807) is 11.3 Å². The Hall–Kier alpha value is -0.840. The fourth-order valence-corrected chi connectivity index (χ4v) is 3.81. The molecule has 19 heavy (non-hydrogen) atoms. The van der Waals surface area contributed by atoms with Crippen LogP contribution in [0, 0.1) is 12.8 Å². The van der Waals surface area contributed by atoms with Gasteiger partial charge in [-0.2, -0.15) is 0 Å². The van der Waals surface area contributed by atoms with Crippen LogP contribution in [0.1, 0.15) is 18.4 Å². The number of anilines is 1. The molecule has 1 aromatic heterocycles. The Balaban J connectivity index is 1.88. The molecule has 3 nitrogen and oxygen atoms in total. The van der Waals surface area contributed by atoms with Crippen LogP contribution in [0.4, 0.5) is 5.13 Å². The minimum Gasteiger partial charge on any atom is -0.348 e. The molecular weight excluding hydrogens is 278 g/mol. The zero-order chi connectivity index (χ0) is 13.4. The zero-order valence-corrected chi connectivity index (χ0v) is 12.6. The van der Waals surface area contributed by atoms with Crippen LogP contribution in [-0.4, -0.2) is 24.6 Å². The molecule has 0 amide bonds. The van der Waals surface area contributed by atoms with E-state index in [4.69, 9.17) is 22.3 Å². The second-order valence-electron chi connectivity index (χ2n) is 5.18. The van der Waals surface area contributed by atoms with Crippen molar-refractivity contribution in [2.24, 2.45) is 11.7 Å². The van der Waals surface area contributed by atoms with Crippen LogP contribution in [-0.2, 0) is 0 Å². The van der Waals surface area contributed by atoms with Crippen molar-refractivity contribution in [2.75, 3.05) is 24.5 Å². The van der Waals surface area contributed by atoms with Gasteiger partial charge in [-0.15, -0.1) is 0 Å². The smallest absolute Gasteiger partial charge is 0.186 e.